The molecule has 4 heteroatoms. The lowest BCUT2D eigenvalue weighted by atomic mass is 10.2. The van der Waals surface area contributed by atoms with Gasteiger partial charge in [0, 0.05) is 0 Å². The Morgan fingerprint density at radius 2 is 2.07 bits per heavy atom. The number of aryl methyl sites for hydroxylation is 1. The van der Waals surface area contributed by atoms with Crippen molar-refractivity contribution in [3.05, 3.63) is 29.6 Å². The van der Waals surface area contributed by atoms with Gasteiger partial charge >= 0.3 is 0 Å². The van der Waals surface area contributed by atoms with Crippen molar-refractivity contribution in [2.75, 3.05) is 26.4 Å². The Balaban J connectivity index is 2.28. The summed E-state index contributed by atoms with van der Waals surface area (Å²) in [6.45, 7) is 2.81. The normalized spacial score (nSPS) is 10.3. The van der Waals surface area contributed by atoms with Crippen LogP contribution in [0.4, 0.5) is 4.39 Å². The molecule has 0 unspecified atom stereocenters. The molecule has 3 nitrogen and oxygen atoms in total. The van der Waals surface area contributed by atoms with Crippen LogP contribution in [-0.2, 0) is 4.74 Å². The van der Waals surface area contributed by atoms with E-state index in [0.717, 1.165) is 0 Å². The van der Waals surface area contributed by atoms with Crippen LogP contribution < -0.4 is 4.74 Å². The third-order valence-electron chi connectivity index (χ3n) is 1.86. The Bertz CT molecular complexity index is 302. The van der Waals surface area contributed by atoms with Crippen LogP contribution in [0.3, 0.4) is 0 Å². The van der Waals surface area contributed by atoms with Crippen LogP contribution in [0.15, 0.2) is 18.2 Å². The summed E-state index contributed by atoms with van der Waals surface area (Å²) in [7, 11) is 0. The Hall–Kier alpha value is -1.13. The lowest BCUT2D eigenvalue weighted by Gasteiger charge is -2.07. The van der Waals surface area contributed by atoms with E-state index in [1.807, 2.05) is 0 Å². The zero-order chi connectivity index (χ0) is 11.1. The van der Waals surface area contributed by atoms with E-state index in [2.05, 4.69) is 0 Å². The standard InChI is InChI=1S/C11H15FO3/c1-9-8-10(2-3-11(9)12)15-7-6-14-5-4-13/h2-3,8,13H,4-7H2,1H3. The SMILES string of the molecule is Cc1cc(OCCOCCO)ccc1F. The third kappa shape index (κ3) is 4.27. The topological polar surface area (TPSA) is 38.7 Å². The highest BCUT2D eigenvalue weighted by molar-refractivity contribution is 5.28. The van der Waals surface area contributed by atoms with E-state index < -0.39 is 0 Å². The predicted molar refractivity (Wildman–Crippen MR) is 54.5 cm³/mol. The highest BCUT2D eigenvalue weighted by Crippen LogP contribution is 2.15. The van der Waals surface area contributed by atoms with Crippen molar-refractivity contribution in [1.29, 1.82) is 0 Å². The summed E-state index contributed by atoms with van der Waals surface area (Å²) in [5.74, 6) is 0.389. The van der Waals surface area contributed by atoms with Crippen molar-refractivity contribution in [1.82, 2.24) is 0 Å². The van der Waals surface area contributed by atoms with Gasteiger partial charge in [0.2, 0.25) is 0 Å². The van der Waals surface area contributed by atoms with Crippen LogP contribution in [0, 0.1) is 12.7 Å². The molecule has 0 aliphatic carbocycles. The van der Waals surface area contributed by atoms with Crippen molar-refractivity contribution >= 4 is 0 Å². The number of halogens is 1. The molecule has 15 heavy (non-hydrogen) atoms. The maximum absolute atomic E-state index is 12.9. The molecule has 0 fully saturated rings. The molecule has 0 radical (unpaired) electrons. The number of hydrogen-bond donors (Lipinski definition) is 1. The number of hydrogen-bond acceptors (Lipinski definition) is 3. The van der Waals surface area contributed by atoms with Gasteiger partial charge < -0.3 is 14.6 Å². The fourth-order valence-corrected chi connectivity index (χ4v) is 1.09. The highest BCUT2D eigenvalue weighted by atomic mass is 19.1. The van der Waals surface area contributed by atoms with Gasteiger partial charge in [-0.25, -0.2) is 4.39 Å². The van der Waals surface area contributed by atoms with Crippen LogP contribution in [0.5, 0.6) is 5.75 Å². The van der Waals surface area contributed by atoms with Crippen molar-refractivity contribution in [3.8, 4) is 5.75 Å². The smallest absolute Gasteiger partial charge is 0.126 e. The monoisotopic (exact) mass is 214 g/mol. The molecular formula is C11H15FO3. The van der Waals surface area contributed by atoms with Gasteiger partial charge in [0.25, 0.3) is 0 Å². The van der Waals surface area contributed by atoms with Crippen molar-refractivity contribution in [3.63, 3.8) is 0 Å². The van der Waals surface area contributed by atoms with Gasteiger partial charge in [-0.2, -0.15) is 0 Å². The van der Waals surface area contributed by atoms with E-state index in [1.165, 1.54) is 6.07 Å². The van der Waals surface area contributed by atoms with Crippen LogP contribution >= 0.6 is 0 Å². The molecule has 0 aliphatic heterocycles. The van der Waals surface area contributed by atoms with Gasteiger partial charge in [0.15, 0.2) is 0 Å². The fourth-order valence-electron chi connectivity index (χ4n) is 1.09. The minimum Gasteiger partial charge on any atom is -0.491 e. The van der Waals surface area contributed by atoms with Crippen LogP contribution in [0.25, 0.3) is 0 Å². The molecular weight excluding hydrogens is 199 g/mol. The Kier molecular flexibility index (Phi) is 5.07. The van der Waals surface area contributed by atoms with Crippen molar-refractivity contribution in [2.24, 2.45) is 0 Å². The molecule has 1 aromatic rings. The van der Waals surface area contributed by atoms with Crippen molar-refractivity contribution < 1.29 is 19.0 Å². The van der Waals surface area contributed by atoms with Gasteiger partial charge in [0.05, 0.1) is 19.8 Å². The molecule has 84 valence electrons. The van der Waals surface area contributed by atoms with Gasteiger partial charge in [-0.15, -0.1) is 0 Å². The molecule has 1 N–H and O–H groups in total. The van der Waals surface area contributed by atoms with E-state index in [0.29, 0.717) is 31.1 Å². The zero-order valence-electron chi connectivity index (χ0n) is 8.70. The maximum Gasteiger partial charge on any atom is 0.126 e. The first-order chi connectivity index (χ1) is 7.24. The van der Waals surface area contributed by atoms with Crippen LogP contribution in [0.1, 0.15) is 5.56 Å². The second kappa shape index (κ2) is 6.37. The van der Waals surface area contributed by atoms with Gasteiger partial charge in [-0.05, 0) is 30.7 Å². The molecule has 0 saturated carbocycles. The second-order valence-corrected chi connectivity index (χ2v) is 3.10. The molecule has 1 rings (SSSR count). The average molecular weight is 214 g/mol. The van der Waals surface area contributed by atoms with Gasteiger partial charge in [-0.1, -0.05) is 0 Å². The summed E-state index contributed by atoms with van der Waals surface area (Å²) in [6, 6.07) is 4.59. The van der Waals surface area contributed by atoms with Crippen molar-refractivity contribution in [2.45, 2.75) is 6.92 Å². The third-order valence-corrected chi connectivity index (χ3v) is 1.86. The first-order valence-electron chi connectivity index (χ1n) is 4.81. The summed E-state index contributed by atoms with van der Waals surface area (Å²) in [5, 5.41) is 8.44. The first-order valence-corrected chi connectivity index (χ1v) is 4.81. The number of ether oxygens (including phenoxy) is 2. The Morgan fingerprint density at radius 3 is 2.73 bits per heavy atom. The van der Waals surface area contributed by atoms with E-state index in [1.54, 1.807) is 19.1 Å². The van der Waals surface area contributed by atoms with Gasteiger partial charge in [-0.3, -0.25) is 0 Å². The van der Waals surface area contributed by atoms with Gasteiger partial charge in [0.1, 0.15) is 18.2 Å². The summed E-state index contributed by atoms with van der Waals surface area (Å²) in [5.41, 5.74) is 0.559. The van der Waals surface area contributed by atoms with Crippen LogP contribution in [0.2, 0.25) is 0 Å². The molecule has 0 amide bonds. The Labute approximate surface area is 88.4 Å². The quantitative estimate of drug-likeness (QED) is 0.730. The minimum absolute atomic E-state index is 0.00958. The molecule has 0 saturated heterocycles. The molecule has 0 heterocycles. The minimum atomic E-state index is -0.237. The summed E-state index contributed by atoms with van der Waals surface area (Å²) in [4.78, 5) is 0. The second-order valence-electron chi connectivity index (χ2n) is 3.10. The van der Waals surface area contributed by atoms with E-state index in [-0.39, 0.29) is 12.4 Å². The maximum atomic E-state index is 12.9. The zero-order valence-corrected chi connectivity index (χ0v) is 8.70. The molecule has 0 aromatic heterocycles. The predicted octanol–water partition coefficient (Wildman–Crippen LogP) is 1.52. The first kappa shape index (κ1) is 11.9. The number of aliphatic hydroxyl groups is 1. The number of benzene rings is 1. The summed E-state index contributed by atoms with van der Waals surface area (Å²) < 4.78 is 23.2. The molecule has 0 aliphatic rings. The highest BCUT2D eigenvalue weighted by Gasteiger charge is 1.99. The Morgan fingerprint density at radius 1 is 1.27 bits per heavy atom. The average Bonchev–Trinajstić information content (AvgIpc) is 2.23. The van der Waals surface area contributed by atoms with E-state index >= 15 is 0 Å². The molecule has 0 bridgehead atoms. The van der Waals surface area contributed by atoms with E-state index in [9.17, 15) is 4.39 Å². The molecule has 0 spiro atoms. The number of aliphatic hydroxyl groups excluding tert-OH is 1. The lowest BCUT2D eigenvalue weighted by Crippen LogP contribution is -2.09. The fraction of sp³-hybridized carbons (Fsp3) is 0.455. The molecule has 1 aromatic carbocycles. The lowest BCUT2D eigenvalue weighted by molar-refractivity contribution is 0.0705. The number of rotatable bonds is 6. The summed E-state index contributed by atoms with van der Waals surface area (Å²) >= 11 is 0. The summed E-state index contributed by atoms with van der Waals surface area (Å²) in [6.07, 6.45) is 0. The van der Waals surface area contributed by atoms with E-state index in [4.69, 9.17) is 14.6 Å². The van der Waals surface area contributed by atoms with Crippen LogP contribution in [-0.4, -0.2) is 31.5 Å². The largest absolute Gasteiger partial charge is 0.491 e. The molecule has 0 atom stereocenters.